The Morgan fingerprint density at radius 3 is 2.67 bits per heavy atom. The molecule has 4 nitrogen and oxygen atoms in total. The topological polar surface area (TPSA) is 63.6 Å². The number of carbonyl (C=O) groups is 2. The van der Waals surface area contributed by atoms with Gasteiger partial charge in [0.05, 0.1) is 18.8 Å². The van der Waals surface area contributed by atoms with Gasteiger partial charge in [0.15, 0.2) is 5.78 Å². The fourth-order valence-corrected chi connectivity index (χ4v) is 1.99. The summed E-state index contributed by atoms with van der Waals surface area (Å²) in [7, 11) is 0. The molecule has 0 saturated heterocycles. The summed E-state index contributed by atoms with van der Waals surface area (Å²) in [5.41, 5.74) is 0.890. The van der Waals surface area contributed by atoms with Crippen LogP contribution >= 0.6 is 15.9 Å². The maximum Gasteiger partial charge on any atom is 0.339 e. The maximum absolute atomic E-state index is 11.9. The fraction of sp³-hybridized carbons (Fsp3) is 0.385. The first-order valence-corrected chi connectivity index (χ1v) is 6.76. The molecule has 0 amide bonds. The zero-order chi connectivity index (χ0) is 13.5. The minimum atomic E-state index is -0.569. The molecule has 0 aliphatic heterocycles. The van der Waals surface area contributed by atoms with E-state index in [0.29, 0.717) is 22.9 Å². The first-order valence-electron chi connectivity index (χ1n) is 5.64. The van der Waals surface area contributed by atoms with Crippen molar-refractivity contribution in [2.45, 2.75) is 20.0 Å². The van der Waals surface area contributed by atoms with Gasteiger partial charge in [-0.05, 0) is 12.5 Å². The molecule has 0 radical (unpaired) electrons. The van der Waals surface area contributed by atoms with Crippen molar-refractivity contribution in [3.05, 3.63) is 34.9 Å². The van der Waals surface area contributed by atoms with Crippen molar-refractivity contribution in [3.63, 3.8) is 0 Å². The number of aliphatic hydroxyl groups excluding tert-OH is 1. The van der Waals surface area contributed by atoms with Gasteiger partial charge in [0.1, 0.15) is 0 Å². The van der Waals surface area contributed by atoms with Crippen LogP contribution in [0.5, 0.6) is 0 Å². The Morgan fingerprint density at radius 2 is 2.11 bits per heavy atom. The average molecular weight is 315 g/mol. The minimum Gasteiger partial charge on any atom is -0.462 e. The van der Waals surface area contributed by atoms with E-state index >= 15 is 0 Å². The van der Waals surface area contributed by atoms with Crippen LogP contribution in [-0.4, -0.2) is 28.8 Å². The second kappa shape index (κ2) is 7.28. The maximum atomic E-state index is 11.9. The monoisotopic (exact) mass is 314 g/mol. The van der Waals surface area contributed by atoms with E-state index in [1.807, 2.05) is 0 Å². The summed E-state index contributed by atoms with van der Waals surface area (Å²) in [6.07, 6.45) is 0.293. The molecule has 0 aliphatic carbocycles. The lowest BCUT2D eigenvalue weighted by molar-refractivity contribution is 0.0519. The van der Waals surface area contributed by atoms with Crippen LogP contribution < -0.4 is 0 Å². The average Bonchev–Trinajstić information content (AvgIpc) is 2.38. The zero-order valence-corrected chi connectivity index (χ0v) is 11.7. The van der Waals surface area contributed by atoms with E-state index in [-0.39, 0.29) is 24.6 Å². The Bertz CT molecular complexity index is 443. The lowest BCUT2D eigenvalue weighted by Gasteiger charge is -2.11. The quantitative estimate of drug-likeness (QED) is 0.497. The molecule has 0 unspecified atom stereocenters. The molecule has 18 heavy (non-hydrogen) atoms. The van der Waals surface area contributed by atoms with E-state index in [2.05, 4.69) is 15.9 Å². The van der Waals surface area contributed by atoms with Gasteiger partial charge in [-0.2, -0.15) is 0 Å². The number of ketones is 1. The van der Waals surface area contributed by atoms with Gasteiger partial charge >= 0.3 is 5.97 Å². The highest BCUT2D eigenvalue weighted by atomic mass is 79.9. The van der Waals surface area contributed by atoms with Crippen LogP contribution in [0, 0.1) is 0 Å². The molecule has 0 heterocycles. The Morgan fingerprint density at radius 1 is 1.39 bits per heavy atom. The van der Waals surface area contributed by atoms with Gasteiger partial charge in [0.2, 0.25) is 0 Å². The third kappa shape index (κ3) is 3.40. The Balaban J connectivity index is 3.24. The molecule has 1 aromatic rings. The third-order valence-corrected chi connectivity index (χ3v) is 2.82. The van der Waals surface area contributed by atoms with E-state index in [4.69, 9.17) is 4.74 Å². The summed E-state index contributed by atoms with van der Waals surface area (Å²) in [4.78, 5) is 23.8. The number of hydrogen-bond donors (Lipinski definition) is 1. The van der Waals surface area contributed by atoms with Crippen LogP contribution in [0.1, 0.15) is 39.6 Å². The number of esters is 1. The van der Waals surface area contributed by atoms with E-state index in [1.165, 1.54) is 0 Å². The molecule has 0 fully saturated rings. The number of hydrogen-bond acceptors (Lipinski definition) is 4. The summed E-state index contributed by atoms with van der Waals surface area (Å²) in [6.45, 7) is 1.62. The Hall–Kier alpha value is -1.20. The van der Waals surface area contributed by atoms with E-state index in [0.717, 1.165) is 0 Å². The number of aliphatic hydroxyl groups is 1. The fourth-order valence-electron chi connectivity index (χ4n) is 1.63. The molecule has 98 valence electrons. The van der Waals surface area contributed by atoms with Gasteiger partial charge in [-0.25, -0.2) is 4.79 Å². The largest absolute Gasteiger partial charge is 0.462 e. The van der Waals surface area contributed by atoms with Crippen LogP contribution in [0.3, 0.4) is 0 Å². The van der Waals surface area contributed by atoms with Gasteiger partial charge in [-0.3, -0.25) is 4.79 Å². The van der Waals surface area contributed by atoms with Crippen molar-refractivity contribution in [2.75, 3.05) is 11.9 Å². The first-order chi connectivity index (χ1) is 8.65. The van der Waals surface area contributed by atoms with Crippen molar-refractivity contribution in [1.29, 1.82) is 0 Å². The third-order valence-electron chi connectivity index (χ3n) is 2.42. The smallest absolute Gasteiger partial charge is 0.339 e. The molecular weight excluding hydrogens is 300 g/mol. The van der Waals surface area contributed by atoms with Crippen molar-refractivity contribution >= 4 is 27.7 Å². The highest BCUT2D eigenvalue weighted by Crippen LogP contribution is 2.18. The molecule has 0 aliphatic rings. The van der Waals surface area contributed by atoms with Crippen molar-refractivity contribution in [2.24, 2.45) is 0 Å². The number of rotatable bonds is 6. The van der Waals surface area contributed by atoms with Gasteiger partial charge in [-0.1, -0.05) is 34.1 Å². The summed E-state index contributed by atoms with van der Waals surface area (Å²) in [6, 6.07) is 4.84. The number of carbonyl (C=O) groups excluding carboxylic acids is 2. The van der Waals surface area contributed by atoms with E-state index < -0.39 is 5.97 Å². The van der Waals surface area contributed by atoms with Crippen LogP contribution in [0.2, 0.25) is 0 Å². The number of alkyl halides is 1. The van der Waals surface area contributed by atoms with Crippen LogP contribution in [0.15, 0.2) is 18.2 Å². The molecule has 1 rings (SSSR count). The zero-order valence-electron chi connectivity index (χ0n) is 10.1. The van der Waals surface area contributed by atoms with E-state index in [9.17, 15) is 14.7 Å². The standard InChI is InChI=1S/C13H15BrO4/c1-2-18-13(17)12-9(8-15)4-3-5-10(12)11(16)6-7-14/h3-5,15H,2,6-8H2,1H3. The molecule has 0 bridgehead atoms. The second-order valence-electron chi connectivity index (χ2n) is 3.58. The van der Waals surface area contributed by atoms with Crippen LogP contribution in [-0.2, 0) is 11.3 Å². The first kappa shape index (κ1) is 14.9. The number of halogens is 1. The molecule has 5 heteroatoms. The Kier molecular flexibility index (Phi) is 6.01. The second-order valence-corrected chi connectivity index (χ2v) is 4.37. The minimum absolute atomic E-state index is 0.148. The molecule has 1 aromatic carbocycles. The van der Waals surface area contributed by atoms with Crippen LogP contribution in [0.4, 0.5) is 0 Å². The highest BCUT2D eigenvalue weighted by molar-refractivity contribution is 9.09. The Labute approximate surface area is 114 Å². The normalized spacial score (nSPS) is 10.2. The van der Waals surface area contributed by atoms with Gasteiger partial charge in [0.25, 0.3) is 0 Å². The molecule has 0 atom stereocenters. The molecular formula is C13H15BrO4. The molecule has 0 aromatic heterocycles. The highest BCUT2D eigenvalue weighted by Gasteiger charge is 2.20. The SMILES string of the molecule is CCOC(=O)c1c(CO)cccc1C(=O)CCBr. The number of ether oxygens (including phenoxy) is 1. The summed E-state index contributed by atoms with van der Waals surface area (Å²) in [5.74, 6) is -0.717. The predicted octanol–water partition coefficient (Wildman–Crippen LogP) is 2.32. The van der Waals surface area contributed by atoms with Crippen molar-refractivity contribution in [3.8, 4) is 0 Å². The number of Topliss-reactive ketones (excluding diaryl/α,β-unsaturated/α-hetero) is 1. The summed E-state index contributed by atoms with van der Waals surface area (Å²) >= 11 is 3.19. The van der Waals surface area contributed by atoms with Crippen molar-refractivity contribution in [1.82, 2.24) is 0 Å². The summed E-state index contributed by atoms with van der Waals surface area (Å²) < 4.78 is 4.93. The lowest BCUT2D eigenvalue weighted by Crippen LogP contribution is -2.15. The summed E-state index contributed by atoms with van der Waals surface area (Å²) in [5, 5.41) is 9.77. The molecule has 0 saturated carbocycles. The van der Waals surface area contributed by atoms with Gasteiger partial charge in [0, 0.05) is 17.3 Å². The predicted molar refractivity (Wildman–Crippen MR) is 71.1 cm³/mol. The van der Waals surface area contributed by atoms with Gasteiger partial charge in [-0.15, -0.1) is 0 Å². The number of benzene rings is 1. The lowest BCUT2D eigenvalue weighted by atomic mass is 9.97. The van der Waals surface area contributed by atoms with Gasteiger partial charge < -0.3 is 9.84 Å². The van der Waals surface area contributed by atoms with E-state index in [1.54, 1.807) is 25.1 Å². The van der Waals surface area contributed by atoms with Crippen LogP contribution in [0.25, 0.3) is 0 Å². The van der Waals surface area contributed by atoms with Crippen molar-refractivity contribution < 1.29 is 19.4 Å². The molecule has 0 spiro atoms. The molecule has 1 N–H and O–H groups in total.